The van der Waals surface area contributed by atoms with Gasteiger partial charge in [-0.2, -0.15) is 0 Å². The fourth-order valence-corrected chi connectivity index (χ4v) is 3.42. The fourth-order valence-electron chi connectivity index (χ4n) is 3.42. The zero-order chi connectivity index (χ0) is 17.5. The molecule has 1 amide bonds. The van der Waals surface area contributed by atoms with E-state index in [1.807, 2.05) is 17.0 Å². The quantitative estimate of drug-likeness (QED) is 0.840. The van der Waals surface area contributed by atoms with E-state index < -0.39 is 0 Å². The van der Waals surface area contributed by atoms with Crippen molar-refractivity contribution in [1.29, 1.82) is 0 Å². The van der Waals surface area contributed by atoms with Crippen molar-refractivity contribution in [2.24, 2.45) is 0 Å². The Morgan fingerprint density at radius 3 is 2.72 bits per heavy atom. The molecule has 5 heteroatoms. The van der Waals surface area contributed by atoms with E-state index in [0.717, 1.165) is 64.2 Å². The number of carbonyl (C=O) groups excluding carboxylic acids is 1. The highest BCUT2D eigenvalue weighted by atomic mass is 16.5. The maximum absolute atomic E-state index is 12.5. The first-order valence-electron chi connectivity index (χ1n) is 9.07. The molecule has 2 fully saturated rings. The summed E-state index contributed by atoms with van der Waals surface area (Å²) in [5.74, 6) is 5.74. The minimum atomic E-state index is -0.209. The average molecular weight is 342 g/mol. The molecule has 3 rings (SSSR count). The van der Waals surface area contributed by atoms with Crippen LogP contribution in [0.5, 0.6) is 0 Å². The number of rotatable bonds is 3. The van der Waals surface area contributed by atoms with Crippen LogP contribution >= 0.6 is 0 Å². The number of amides is 1. The van der Waals surface area contributed by atoms with Crippen molar-refractivity contribution >= 4 is 5.91 Å². The van der Waals surface area contributed by atoms with Gasteiger partial charge in [-0.05, 0) is 37.0 Å². The van der Waals surface area contributed by atoms with Gasteiger partial charge in [0.2, 0.25) is 0 Å². The van der Waals surface area contributed by atoms with Gasteiger partial charge in [0.25, 0.3) is 5.91 Å². The topological polar surface area (TPSA) is 53.0 Å². The largest absolute Gasteiger partial charge is 0.384 e. The Kier molecular flexibility index (Phi) is 6.46. The average Bonchev–Trinajstić information content (AvgIpc) is 3.08. The lowest BCUT2D eigenvalue weighted by Crippen LogP contribution is -2.41. The second kappa shape index (κ2) is 9.00. The Morgan fingerprint density at radius 2 is 2.00 bits per heavy atom. The number of aliphatic hydroxyl groups excluding tert-OH is 1. The van der Waals surface area contributed by atoms with Crippen LogP contribution in [0.4, 0.5) is 0 Å². The Balaban J connectivity index is 1.51. The van der Waals surface area contributed by atoms with Gasteiger partial charge in [-0.1, -0.05) is 24.0 Å². The molecule has 134 valence electrons. The van der Waals surface area contributed by atoms with Gasteiger partial charge in [-0.25, -0.2) is 0 Å². The van der Waals surface area contributed by atoms with Gasteiger partial charge in [0.1, 0.15) is 12.7 Å². The molecule has 2 aliphatic heterocycles. The summed E-state index contributed by atoms with van der Waals surface area (Å²) < 4.78 is 5.54. The van der Waals surface area contributed by atoms with Crippen LogP contribution in [0.3, 0.4) is 0 Å². The van der Waals surface area contributed by atoms with Crippen LogP contribution < -0.4 is 0 Å². The molecule has 0 aromatic heterocycles. The van der Waals surface area contributed by atoms with Crippen molar-refractivity contribution in [2.75, 3.05) is 39.4 Å². The van der Waals surface area contributed by atoms with Gasteiger partial charge in [0, 0.05) is 44.9 Å². The van der Waals surface area contributed by atoms with E-state index in [2.05, 4.69) is 28.9 Å². The summed E-state index contributed by atoms with van der Waals surface area (Å²) in [5, 5.41) is 8.74. The van der Waals surface area contributed by atoms with Crippen molar-refractivity contribution in [3.8, 4) is 11.8 Å². The molecule has 0 radical (unpaired) electrons. The lowest BCUT2D eigenvalue weighted by molar-refractivity contribution is -0.140. The zero-order valence-electron chi connectivity index (χ0n) is 14.6. The summed E-state index contributed by atoms with van der Waals surface area (Å²) >= 11 is 0. The molecule has 1 aromatic carbocycles. The molecule has 5 nitrogen and oxygen atoms in total. The van der Waals surface area contributed by atoms with Crippen molar-refractivity contribution < 1.29 is 14.6 Å². The van der Waals surface area contributed by atoms with Crippen molar-refractivity contribution in [2.45, 2.75) is 31.9 Å². The number of aliphatic hydroxyl groups is 1. The number of hydrogen-bond donors (Lipinski definition) is 1. The molecule has 2 aliphatic rings. The standard InChI is InChI=1S/C20H26N2O3/c23-14-1-4-17-6-8-18(9-7-17)16-21-10-3-11-22(13-12-21)20(24)19-5-2-15-25-19/h6-9,19,23H,2-3,5,10-16H2. The van der Waals surface area contributed by atoms with Crippen LogP contribution in [0.1, 0.15) is 30.4 Å². The van der Waals surface area contributed by atoms with Crippen molar-refractivity contribution in [3.63, 3.8) is 0 Å². The van der Waals surface area contributed by atoms with E-state index in [1.54, 1.807) is 0 Å². The highest BCUT2D eigenvalue weighted by Gasteiger charge is 2.29. The maximum Gasteiger partial charge on any atom is 0.251 e. The monoisotopic (exact) mass is 342 g/mol. The fraction of sp³-hybridized carbons (Fsp3) is 0.550. The van der Waals surface area contributed by atoms with Crippen LogP contribution in [0.15, 0.2) is 24.3 Å². The number of nitrogens with zero attached hydrogens (tertiary/aromatic N) is 2. The molecule has 2 saturated heterocycles. The predicted molar refractivity (Wildman–Crippen MR) is 95.9 cm³/mol. The first kappa shape index (κ1) is 17.9. The summed E-state index contributed by atoms with van der Waals surface area (Å²) in [6.07, 6.45) is 2.65. The molecule has 1 atom stereocenters. The van der Waals surface area contributed by atoms with Crippen molar-refractivity contribution in [3.05, 3.63) is 35.4 Å². The second-order valence-corrected chi connectivity index (χ2v) is 6.61. The summed E-state index contributed by atoms with van der Waals surface area (Å²) in [5.41, 5.74) is 2.16. The second-order valence-electron chi connectivity index (χ2n) is 6.61. The van der Waals surface area contributed by atoms with E-state index in [4.69, 9.17) is 9.84 Å². The van der Waals surface area contributed by atoms with Crippen LogP contribution in [-0.4, -0.2) is 66.3 Å². The summed E-state index contributed by atoms with van der Waals surface area (Å²) in [6, 6.07) is 8.15. The van der Waals surface area contributed by atoms with Crippen molar-refractivity contribution in [1.82, 2.24) is 9.80 Å². The van der Waals surface area contributed by atoms with Gasteiger partial charge >= 0.3 is 0 Å². The summed E-state index contributed by atoms with van der Waals surface area (Å²) in [6.45, 7) is 4.98. The summed E-state index contributed by atoms with van der Waals surface area (Å²) in [7, 11) is 0. The van der Waals surface area contributed by atoms with E-state index >= 15 is 0 Å². The molecule has 25 heavy (non-hydrogen) atoms. The van der Waals surface area contributed by atoms with Crippen LogP contribution in [0.2, 0.25) is 0 Å². The van der Waals surface area contributed by atoms with Gasteiger partial charge in [0.05, 0.1) is 0 Å². The number of hydrogen-bond acceptors (Lipinski definition) is 4. The molecule has 0 bridgehead atoms. The van der Waals surface area contributed by atoms with Crippen LogP contribution in [0, 0.1) is 11.8 Å². The molecule has 1 unspecified atom stereocenters. The third kappa shape index (κ3) is 5.05. The number of benzene rings is 1. The zero-order valence-corrected chi connectivity index (χ0v) is 14.6. The lowest BCUT2D eigenvalue weighted by atomic mass is 10.1. The molecular formula is C20H26N2O3. The van der Waals surface area contributed by atoms with Gasteiger partial charge in [-0.3, -0.25) is 9.69 Å². The third-order valence-electron chi connectivity index (χ3n) is 4.78. The Morgan fingerprint density at radius 1 is 1.16 bits per heavy atom. The predicted octanol–water partition coefficient (Wildman–Crippen LogP) is 1.24. The van der Waals surface area contributed by atoms with Gasteiger partial charge in [0.15, 0.2) is 0 Å². The van der Waals surface area contributed by atoms with Gasteiger partial charge in [-0.15, -0.1) is 0 Å². The molecule has 0 aliphatic carbocycles. The van der Waals surface area contributed by atoms with Gasteiger partial charge < -0.3 is 14.7 Å². The third-order valence-corrected chi connectivity index (χ3v) is 4.78. The minimum Gasteiger partial charge on any atom is -0.384 e. The number of ether oxygens (including phenoxy) is 1. The molecule has 2 heterocycles. The van der Waals surface area contributed by atoms with E-state index in [-0.39, 0.29) is 18.6 Å². The normalized spacial score (nSPS) is 21.5. The minimum absolute atomic E-state index is 0.114. The Hall–Kier alpha value is -1.87. The van der Waals surface area contributed by atoms with Crippen LogP contribution in [-0.2, 0) is 16.1 Å². The van der Waals surface area contributed by atoms with E-state index in [0.29, 0.717) is 0 Å². The maximum atomic E-state index is 12.5. The molecule has 1 N–H and O–H groups in total. The van der Waals surface area contributed by atoms with E-state index in [9.17, 15) is 4.79 Å². The SMILES string of the molecule is O=C(C1CCCO1)N1CCCN(Cc2ccc(C#CCO)cc2)CC1. The van der Waals surface area contributed by atoms with E-state index in [1.165, 1.54) is 5.56 Å². The molecule has 0 saturated carbocycles. The number of carbonyl (C=O) groups is 1. The Bertz CT molecular complexity index is 627. The molecular weight excluding hydrogens is 316 g/mol. The Labute approximate surface area is 149 Å². The molecule has 1 aromatic rings. The highest BCUT2D eigenvalue weighted by molar-refractivity contribution is 5.81. The first-order valence-corrected chi connectivity index (χ1v) is 9.07. The highest BCUT2D eigenvalue weighted by Crippen LogP contribution is 2.17. The first-order chi connectivity index (χ1) is 12.3. The van der Waals surface area contributed by atoms with Crippen LogP contribution in [0.25, 0.3) is 0 Å². The lowest BCUT2D eigenvalue weighted by Gasteiger charge is -2.24. The summed E-state index contributed by atoms with van der Waals surface area (Å²) in [4.78, 5) is 16.9. The smallest absolute Gasteiger partial charge is 0.251 e. The molecule has 0 spiro atoms.